The van der Waals surface area contributed by atoms with Gasteiger partial charge >= 0.3 is 0 Å². The molecule has 1 aromatic carbocycles. The molecule has 0 saturated carbocycles. The van der Waals surface area contributed by atoms with Crippen molar-refractivity contribution in [2.24, 2.45) is 5.73 Å². The number of nitrogens with zero attached hydrogens (tertiary/aromatic N) is 1. The van der Waals surface area contributed by atoms with Crippen LogP contribution in [0.1, 0.15) is 18.1 Å². The number of hydrogen-bond donors (Lipinski definition) is 2. The van der Waals surface area contributed by atoms with Crippen LogP contribution in [0.3, 0.4) is 0 Å². The number of hydrogen-bond acceptors (Lipinski definition) is 3. The van der Waals surface area contributed by atoms with Gasteiger partial charge in [0.25, 0.3) is 0 Å². The maximum Gasteiger partial charge on any atom is 0.0941 e. The minimum absolute atomic E-state index is 0.199. The van der Waals surface area contributed by atoms with E-state index in [2.05, 4.69) is 4.90 Å². The molecule has 3 nitrogen and oxygen atoms in total. The molecule has 0 saturated heterocycles. The summed E-state index contributed by atoms with van der Waals surface area (Å²) in [6.45, 7) is 0.894. The van der Waals surface area contributed by atoms with Gasteiger partial charge in [-0.1, -0.05) is 30.3 Å². The Kier molecular flexibility index (Phi) is 4.75. The Morgan fingerprint density at radius 3 is 2.40 bits per heavy atom. The summed E-state index contributed by atoms with van der Waals surface area (Å²) < 4.78 is 0. The minimum Gasteiger partial charge on any atom is -0.387 e. The molecule has 0 bridgehead atoms. The van der Waals surface area contributed by atoms with Crippen LogP contribution in [0.15, 0.2) is 30.3 Å². The van der Waals surface area contributed by atoms with Gasteiger partial charge in [0, 0.05) is 6.04 Å². The maximum atomic E-state index is 9.96. The van der Waals surface area contributed by atoms with Crippen LogP contribution >= 0.6 is 0 Å². The van der Waals surface area contributed by atoms with Gasteiger partial charge in [0.2, 0.25) is 0 Å². The van der Waals surface area contributed by atoms with Crippen LogP contribution in [0, 0.1) is 0 Å². The zero-order chi connectivity index (χ0) is 11.3. The van der Waals surface area contributed by atoms with Crippen LogP contribution in [0.2, 0.25) is 0 Å². The van der Waals surface area contributed by atoms with Crippen molar-refractivity contribution in [1.82, 2.24) is 4.90 Å². The molecule has 1 rings (SSSR count). The lowest BCUT2D eigenvalue weighted by atomic mass is 10.0. The highest BCUT2D eigenvalue weighted by atomic mass is 16.3. The molecule has 2 atom stereocenters. The summed E-state index contributed by atoms with van der Waals surface area (Å²) in [5, 5.41) is 9.96. The molecule has 0 heterocycles. The van der Waals surface area contributed by atoms with Crippen molar-refractivity contribution >= 4 is 0 Å². The molecular weight excluding hydrogens is 188 g/mol. The van der Waals surface area contributed by atoms with Crippen molar-refractivity contribution in [1.29, 1.82) is 0 Å². The van der Waals surface area contributed by atoms with Crippen LogP contribution in [0.4, 0.5) is 0 Å². The highest BCUT2D eigenvalue weighted by Crippen LogP contribution is 2.16. The smallest absolute Gasteiger partial charge is 0.0941 e. The van der Waals surface area contributed by atoms with Crippen LogP contribution in [-0.2, 0) is 0 Å². The van der Waals surface area contributed by atoms with Gasteiger partial charge in [-0.3, -0.25) is 0 Å². The largest absolute Gasteiger partial charge is 0.387 e. The average molecular weight is 208 g/mol. The van der Waals surface area contributed by atoms with Crippen molar-refractivity contribution in [3.05, 3.63) is 35.9 Å². The monoisotopic (exact) mass is 208 g/mol. The van der Waals surface area contributed by atoms with E-state index in [-0.39, 0.29) is 6.04 Å². The molecule has 15 heavy (non-hydrogen) atoms. The van der Waals surface area contributed by atoms with Gasteiger partial charge in [0.05, 0.1) is 6.10 Å². The summed E-state index contributed by atoms with van der Waals surface area (Å²) in [6.07, 6.45) is 0.231. The topological polar surface area (TPSA) is 49.5 Å². The molecule has 0 aliphatic heterocycles. The molecule has 0 amide bonds. The van der Waals surface area contributed by atoms with Gasteiger partial charge in [0.15, 0.2) is 0 Å². The van der Waals surface area contributed by atoms with E-state index in [1.165, 1.54) is 0 Å². The minimum atomic E-state index is -0.564. The Morgan fingerprint density at radius 2 is 1.87 bits per heavy atom. The third kappa shape index (κ3) is 4.00. The van der Waals surface area contributed by atoms with Crippen LogP contribution in [-0.4, -0.2) is 36.7 Å². The SMILES string of the molecule is CN(C)CCC(N)C(O)c1ccccc1. The Bertz CT molecular complexity index is 274. The molecule has 0 aliphatic rings. The molecule has 0 radical (unpaired) electrons. The van der Waals surface area contributed by atoms with E-state index in [9.17, 15) is 5.11 Å². The lowest BCUT2D eigenvalue weighted by molar-refractivity contribution is 0.137. The standard InChI is InChI=1S/C12H20N2O/c1-14(2)9-8-11(13)12(15)10-6-4-3-5-7-10/h3-7,11-12,15H,8-9,13H2,1-2H3. The summed E-state index contributed by atoms with van der Waals surface area (Å²) in [5.41, 5.74) is 6.81. The van der Waals surface area contributed by atoms with Crippen molar-refractivity contribution in [3.63, 3.8) is 0 Å². The molecule has 3 N–H and O–H groups in total. The Labute approximate surface area is 91.5 Å². The first-order chi connectivity index (χ1) is 7.11. The zero-order valence-corrected chi connectivity index (χ0v) is 9.43. The number of nitrogens with two attached hydrogens (primary N) is 1. The predicted molar refractivity (Wildman–Crippen MR) is 62.5 cm³/mol. The molecule has 3 heteroatoms. The molecule has 0 fully saturated rings. The highest BCUT2D eigenvalue weighted by Gasteiger charge is 2.16. The Balaban J connectivity index is 2.49. The Hall–Kier alpha value is -0.900. The van der Waals surface area contributed by atoms with Gasteiger partial charge in [-0.05, 0) is 32.6 Å². The van der Waals surface area contributed by atoms with Crippen LogP contribution < -0.4 is 5.73 Å². The fraction of sp³-hybridized carbons (Fsp3) is 0.500. The second-order valence-electron chi connectivity index (χ2n) is 4.11. The van der Waals surface area contributed by atoms with Crippen molar-refractivity contribution < 1.29 is 5.11 Å². The molecular formula is C12H20N2O. The van der Waals surface area contributed by atoms with Gasteiger partial charge in [-0.15, -0.1) is 0 Å². The lowest BCUT2D eigenvalue weighted by Crippen LogP contribution is -2.32. The predicted octanol–water partition coefficient (Wildman–Crippen LogP) is 0.999. The second kappa shape index (κ2) is 5.85. The molecule has 0 aliphatic carbocycles. The van der Waals surface area contributed by atoms with Crippen molar-refractivity contribution in [2.75, 3.05) is 20.6 Å². The summed E-state index contributed by atoms with van der Waals surface area (Å²) in [6, 6.07) is 9.37. The fourth-order valence-corrected chi connectivity index (χ4v) is 1.46. The van der Waals surface area contributed by atoms with Gasteiger partial charge in [0.1, 0.15) is 0 Å². The van der Waals surface area contributed by atoms with E-state index in [4.69, 9.17) is 5.73 Å². The fourth-order valence-electron chi connectivity index (χ4n) is 1.46. The third-order valence-corrected chi connectivity index (χ3v) is 2.46. The first-order valence-corrected chi connectivity index (χ1v) is 5.24. The van der Waals surface area contributed by atoms with Crippen LogP contribution in [0.25, 0.3) is 0 Å². The summed E-state index contributed by atoms with van der Waals surface area (Å²) in [4.78, 5) is 2.07. The van der Waals surface area contributed by atoms with Crippen molar-refractivity contribution in [2.45, 2.75) is 18.6 Å². The first-order valence-electron chi connectivity index (χ1n) is 5.24. The summed E-state index contributed by atoms with van der Waals surface area (Å²) in [5.74, 6) is 0. The molecule has 2 unspecified atom stereocenters. The van der Waals surface area contributed by atoms with Crippen molar-refractivity contribution in [3.8, 4) is 0 Å². The van der Waals surface area contributed by atoms with E-state index in [1.807, 2.05) is 44.4 Å². The van der Waals surface area contributed by atoms with Crippen LogP contribution in [0.5, 0.6) is 0 Å². The zero-order valence-electron chi connectivity index (χ0n) is 9.43. The molecule has 0 spiro atoms. The maximum absolute atomic E-state index is 9.96. The number of aliphatic hydroxyl groups excluding tert-OH is 1. The molecule has 84 valence electrons. The molecule has 0 aromatic heterocycles. The average Bonchev–Trinajstić information content (AvgIpc) is 2.26. The number of benzene rings is 1. The highest BCUT2D eigenvalue weighted by molar-refractivity contribution is 5.18. The van der Waals surface area contributed by atoms with E-state index in [1.54, 1.807) is 0 Å². The van der Waals surface area contributed by atoms with Gasteiger partial charge < -0.3 is 15.7 Å². The van der Waals surface area contributed by atoms with E-state index in [0.717, 1.165) is 18.5 Å². The second-order valence-corrected chi connectivity index (χ2v) is 4.11. The van der Waals surface area contributed by atoms with E-state index in [0.29, 0.717) is 0 Å². The quantitative estimate of drug-likeness (QED) is 0.759. The van der Waals surface area contributed by atoms with E-state index < -0.39 is 6.10 Å². The van der Waals surface area contributed by atoms with E-state index >= 15 is 0 Å². The lowest BCUT2D eigenvalue weighted by Gasteiger charge is -2.20. The third-order valence-electron chi connectivity index (χ3n) is 2.46. The van der Waals surface area contributed by atoms with Gasteiger partial charge in [-0.2, -0.15) is 0 Å². The normalized spacial score (nSPS) is 15.3. The number of aliphatic hydroxyl groups is 1. The summed E-state index contributed by atoms with van der Waals surface area (Å²) in [7, 11) is 4.00. The summed E-state index contributed by atoms with van der Waals surface area (Å²) >= 11 is 0. The van der Waals surface area contributed by atoms with Gasteiger partial charge in [-0.25, -0.2) is 0 Å². The number of rotatable bonds is 5. The first kappa shape index (κ1) is 12.2. The molecule has 1 aromatic rings. The Morgan fingerprint density at radius 1 is 1.27 bits per heavy atom.